The number of fused-ring (bicyclic) bond motifs is 1. The fourth-order valence-corrected chi connectivity index (χ4v) is 2.64. The highest BCUT2D eigenvalue weighted by Gasteiger charge is 2.25. The molecule has 1 unspecified atom stereocenters. The van der Waals surface area contributed by atoms with Crippen LogP contribution in [0, 0.1) is 0 Å². The van der Waals surface area contributed by atoms with Gasteiger partial charge < -0.3 is 15.0 Å². The minimum Gasteiger partial charge on any atom is -0.379 e. The van der Waals surface area contributed by atoms with Crippen LogP contribution < -0.4 is 10.6 Å². The van der Waals surface area contributed by atoms with Crippen molar-refractivity contribution in [1.82, 2.24) is 25.5 Å². The number of hydrogen-bond donors (Lipinski definition) is 3. The van der Waals surface area contributed by atoms with E-state index in [9.17, 15) is 4.79 Å². The molecule has 1 atom stereocenters. The molecule has 0 spiro atoms. The van der Waals surface area contributed by atoms with E-state index in [2.05, 4.69) is 25.5 Å². The summed E-state index contributed by atoms with van der Waals surface area (Å²) in [6, 6.07) is -0.171. The Morgan fingerprint density at radius 2 is 2.35 bits per heavy atom. The van der Waals surface area contributed by atoms with Crippen LogP contribution in [0.5, 0.6) is 0 Å². The molecule has 1 amide bonds. The van der Waals surface area contributed by atoms with E-state index < -0.39 is 0 Å². The molecule has 7 nitrogen and oxygen atoms in total. The third-order valence-corrected chi connectivity index (χ3v) is 3.88. The van der Waals surface area contributed by atoms with Crippen molar-refractivity contribution in [2.75, 3.05) is 39.4 Å². The lowest BCUT2D eigenvalue weighted by atomic mass is 10.0. The van der Waals surface area contributed by atoms with Gasteiger partial charge in [-0.3, -0.25) is 15.0 Å². The molecule has 3 N–H and O–H groups in total. The van der Waals surface area contributed by atoms with E-state index in [0.717, 1.165) is 44.2 Å². The third kappa shape index (κ3) is 3.17. The zero-order valence-corrected chi connectivity index (χ0v) is 11.5. The average molecular weight is 279 g/mol. The van der Waals surface area contributed by atoms with Gasteiger partial charge in [0, 0.05) is 39.1 Å². The number of rotatable bonds is 4. The van der Waals surface area contributed by atoms with Crippen molar-refractivity contribution < 1.29 is 9.53 Å². The van der Waals surface area contributed by atoms with E-state index >= 15 is 0 Å². The van der Waals surface area contributed by atoms with Crippen LogP contribution in [-0.4, -0.2) is 66.2 Å². The lowest BCUT2D eigenvalue weighted by molar-refractivity contribution is -0.123. The van der Waals surface area contributed by atoms with E-state index in [1.54, 1.807) is 6.33 Å². The molecule has 0 aromatic carbocycles. The van der Waals surface area contributed by atoms with Crippen LogP contribution in [0.2, 0.25) is 0 Å². The standard InChI is InChI=1S/C13H21N5O2/c19-13(14-1-2-18-3-5-20-6-4-18)11-7-10-12(8-15-11)17-9-16-10/h9,11,15H,1-8H2,(H,14,19)(H,16,17). The fraction of sp³-hybridized carbons (Fsp3) is 0.692. The molecule has 0 radical (unpaired) electrons. The molecular formula is C13H21N5O2. The van der Waals surface area contributed by atoms with Crippen molar-refractivity contribution in [3.05, 3.63) is 17.7 Å². The van der Waals surface area contributed by atoms with E-state index in [4.69, 9.17) is 4.74 Å². The molecule has 1 saturated heterocycles. The van der Waals surface area contributed by atoms with Gasteiger partial charge in [-0.2, -0.15) is 0 Å². The smallest absolute Gasteiger partial charge is 0.237 e. The monoisotopic (exact) mass is 279 g/mol. The van der Waals surface area contributed by atoms with Gasteiger partial charge in [-0.15, -0.1) is 0 Å². The van der Waals surface area contributed by atoms with Crippen molar-refractivity contribution in [2.45, 2.75) is 19.0 Å². The summed E-state index contributed by atoms with van der Waals surface area (Å²) in [5, 5.41) is 6.23. The average Bonchev–Trinajstić information content (AvgIpc) is 2.95. The highest BCUT2D eigenvalue weighted by molar-refractivity contribution is 5.82. The summed E-state index contributed by atoms with van der Waals surface area (Å²) >= 11 is 0. The predicted octanol–water partition coefficient (Wildman–Crippen LogP) is -1.13. The van der Waals surface area contributed by atoms with Crippen LogP contribution >= 0.6 is 0 Å². The molecule has 0 aliphatic carbocycles. The van der Waals surface area contributed by atoms with Gasteiger partial charge >= 0.3 is 0 Å². The Labute approximate surface area is 118 Å². The number of nitrogens with zero attached hydrogens (tertiary/aromatic N) is 2. The number of aromatic nitrogens is 2. The molecule has 3 rings (SSSR count). The van der Waals surface area contributed by atoms with Gasteiger partial charge in [-0.05, 0) is 0 Å². The lowest BCUT2D eigenvalue weighted by Crippen LogP contribution is -2.49. The molecule has 7 heteroatoms. The highest BCUT2D eigenvalue weighted by atomic mass is 16.5. The van der Waals surface area contributed by atoms with Crippen LogP contribution in [0.1, 0.15) is 11.4 Å². The molecular weight excluding hydrogens is 258 g/mol. The lowest BCUT2D eigenvalue weighted by Gasteiger charge is -2.27. The normalized spacial score (nSPS) is 23.3. The number of carbonyl (C=O) groups excluding carboxylic acids is 1. The molecule has 1 aromatic heterocycles. The van der Waals surface area contributed by atoms with E-state index in [0.29, 0.717) is 19.5 Å². The summed E-state index contributed by atoms with van der Waals surface area (Å²) in [6.07, 6.45) is 2.34. The molecule has 2 aliphatic heterocycles. The summed E-state index contributed by atoms with van der Waals surface area (Å²) in [5.74, 6) is 0.0620. The summed E-state index contributed by atoms with van der Waals surface area (Å²) in [5.41, 5.74) is 2.08. The third-order valence-electron chi connectivity index (χ3n) is 3.88. The molecule has 1 aromatic rings. The molecule has 0 bridgehead atoms. The number of imidazole rings is 1. The summed E-state index contributed by atoms with van der Waals surface area (Å²) < 4.78 is 5.30. The molecule has 2 aliphatic rings. The van der Waals surface area contributed by atoms with E-state index in [1.807, 2.05) is 0 Å². The number of aromatic amines is 1. The number of ether oxygens (including phenoxy) is 1. The Bertz CT molecular complexity index is 455. The number of amides is 1. The Balaban J connectivity index is 1.41. The predicted molar refractivity (Wildman–Crippen MR) is 73.2 cm³/mol. The zero-order chi connectivity index (χ0) is 13.8. The minimum atomic E-state index is -0.171. The van der Waals surface area contributed by atoms with E-state index in [-0.39, 0.29) is 11.9 Å². The van der Waals surface area contributed by atoms with Crippen molar-refractivity contribution in [3.63, 3.8) is 0 Å². The van der Waals surface area contributed by atoms with Gasteiger partial charge in [0.15, 0.2) is 0 Å². The summed E-state index contributed by atoms with van der Waals surface area (Å²) in [7, 11) is 0. The van der Waals surface area contributed by atoms with Crippen molar-refractivity contribution >= 4 is 5.91 Å². The first kappa shape index (κ1) is 13.5. The minimum absolute atomic E-state index is 0.0620. The van der Waals surface area contributed by atoms with Gasteiger partial charge in [-0.25, -0.2) is 4.98 Å². The number of morpholine rings is 1. The maximum Gasteiger partial charge on any atom is 0.237 e. The number of hydrogen-bond acceptors (Lipinski definition) is 5. The molecule has 3 heterocycles. The Morgan fingerprint density at radius 1 is 1.50 bits per heavy atom. The van der Waals surface area contributed by atoms with Crippen molar-refractivity contribution in [1.29, 1.82) is 0 Å². The van der Waals surface area contributed by atoms with Gasteiger partial charge in [0.2, 0.25) is 5.91 Å². The number of carbonyl (C=O) groups is 1. The molecule has 110 valence electrons. The quantitative estimate of drug-likeness (QED) is 0.650. The van der Waals surface area contributed by atoms with Crippen LogP contribution in [-0.2, 0) is 22.5 Å². The van der Waals surface area contributed by atoms with Crippen LogP contribution in [0.15, 0.2) is 6.33 Å². The Hall–Kier alpha value is -1.44. The Kier molecular flexibility index (Phi) is 4.29. The highest BCUT2D eigenvalue weighted by Crippen LogP contribution is 2.11. The van der Waals surface area contributed by atoms with E-state index in [1.165, 1.54) is 0 Å². The second kappa shape index (κ2) is 6.34. The summed E-state index contributed by atoms with van der Waals surface area (Å²) in [6.45, 7) is 5.74. The first-order valence-electron chi connectivity index (χ1n) is 7.15. The second-order valence-corrected chi connectivity index (χ2v) is 5.21. The first-order valence-corrected chi connectivity index (χ1v) is 7.15. The summed E-state index contributed by atoms with van der Waals surface area (Å²) in [4.78, 5) is 21.8. The largest absolute Gasteiger partial charge is 0.379 e. The first-order chi connectivity index (χ1) is 9.83. The fourth-order valence-electron chi connectivity index (χ4n) is 2.64. The van der Waals surface area contributed by atoms with Crippen molar-refractivity contribution in [2.24, 2.45) is 0 Å². The topological polar surface area (TPSA) is 82.3 Å². The molecule has 20 heavy (non-hydrogen) atoms. The van der Waals surface area contributed by atoms with Gasteiger partial charge in [0.1, 0.15) is 0 Å². The zero-order valence-electron chi connectivity index (χ0n) is 11.5. The molecule has 0 saturated carbocycles. The maximum absolute atomic E-state index is 12.1. The van der Waals surface area contributed by atoms with Crippen LogP contribution in [0.25, 0.3) is 0 Å². The van der Waals surface area contributed by atoms with Gasteiger partial charge in [0.05, 0.1) is 37.0 Å². The Morgan fingerprint density at radius 3 is 3.20 bits per heavy atom. The number of nitrogens with one attached hydrogen (secondary N) is 3. The van der Waals surface area contributed by atoms with Gasteiger partial charge in [-0.1, -0.05) is 0 Å². The maximum atomic E-state index is 12.1. The number of H-pyrrole nitrogens is 1. The van der Waals surface area contributed by atoms with Gasteiger partial charge in [0.25, 0.3) is 0 Å². The SMILES string of the molecule is O=C(NCCN1CCOCC1)C1Cc2nc[nH]c2CN1. The van der Waals surface area contributed by atoms with Crippen molar-refractivity contribution in [3.8, 4) is 0 Å². The van der Waals surface area contributed by atoms with Crippen LogP contribution in [0.4, 0.5) is 0 Å². The molecule has 1 fully saturated rings. The second-order valence-electron chi connectivity index (χ2n) is 5.21. The van der Waals surface area contributed by atoms with Crippen LogP contribution in [0.3, 0.4) is 0 Å².